The van der Waals surface area contributed by atoms with Crippen LogP contribution in [0.1, 0.15) is 48.6 Å². The molecule has 0 radical (unpaired) electrons. The summed E-state index contributed by atoms with van der Waals surface area (Å²) in [5.74, 6) is 1.38. The lowest BCUT2D eigenvalue weighted by atomic mass is 9.77. The van der Waals surface area contributed by atoms with Gasteiger partial charge in [0.2, 0.25) is 0 Å². The van der Waals surface area contributed by atoms with Crippen molar-refractivity contribution in [3.05, 3.63) is 59.2 Å². The Kier molecular flexibility index (Phi) is 4.19. The van der Waals surface area contributed by atoms with E-state index in [0.29, 0.717) is 12.0 Å². The predicted octanol–water partition coefficient (Wildman–Crippen LogP) is 4.89. The number of hydrogen-bond donors (Lipinski definition) is 1. The minimum atomic E-state index is 0.202. The van der Waals surface area contributed by atoms with Gasteiger partial charge in [-0.1, -0.05) is 31.2 Å². The summed E-state index contributed by atoms with van der Waals surface area (Å²) in [7, 11) is 1.71. The first-order chi connectivity index (χ1) is 11.8. The van der Waals surface area contributed by atoms with Crippen LogP contribution in [0.3, 0.4) is 0 Å². The molecule has 4 rings (SSSR count). The highest BCUT2D eigenvalue weighted by molar-refractivity contribution is 5.58. The summed E-state index contributed by atoms with van der Waals surface area (Å²) < 4.78 is 11.5. The van der Waals surface area contributed by atoms with Crippen LogP contribution in [0.15, 0.2) is 42.5 Å². The fourth-order valence-electron chi connectivity index (χ4n) is 4.08. The monoisotopic (exact) mass is 323 g/mol. The van der Waals surface area contributed by atoms with Crippen LogP contribution in [0.5, 0.6) is 5.75 Å². The zero-order valence-corrected chi connectivity index (χ0v) is 14.4. The Morgan fingerprint density at radius 1 is 1.17 bits per heavy atom. The average Bonchev–Trinajstić information content (AvgIpc) is 2.67. The normalized spacial score (nSPS) is 25.3. The van der Waals surface area contributed by atoms with Gasteiger partial charge in [0.15, 0.2) is 0 Å². The number of ether oxygens (including phenoxy) is 2. The van der Waals surface area contributed by atoms with Crippen LogP contribution in [-0.4, -0.2) is 13.7 Å². The third-order valence-electron chi connectivity index (χ3n) is 5.41. The first kappa shape index (κ1) is 15.5. The molecule has 2 heterocycles. The van der Waals surface area contributed by atoms with E-state index in [-0.39, 0.29) is 6.10 Å². The molecule has 1 fully saturated rings. The largest absolute Gasteiger partial charge is 0.497 e. The number of nitrogens with one attached hydrogen (secondary N) is 1. The molecule has 24 heavy (non-hydrogen) atoms. The van der Waals surface area contributed by atoms with Crippen LogP contribution < -0.4 is 10.1 Å². The van der Waals surface area contributed by atoms with Crippen LogP contribution in [-0.2, 0) is 11.2 Å². The van der Waals surface area contributed by atoms with Crippen LogP contribution in [0.4, 0.5) is 5.69 Å². The van der Waals surface area contributed by atoms with E-state index in [1.165, 1.54) is 28.8 Å². The predicted molar refractivity (Wildman–Crippen MR) is 96.6 cm³/mol. The van der Waals surface area contributed by atoms with Crippen molar-refractivity contribution in [1.82, 2.24) is 0 Å². The Hall–Kier alpha value is -2.00. The molecule has 126 valence electrons. The smallest absolute Gasteiger partial charge is 0.118 e. The van der Waals surface area contributed by atoms with Crippen LogP contribution in [0.25, 0.3) is 0 Å². The third kappa shape index (κ3) is 2.67. The molecule has 0 amide bonds. The standard InChI is InChI=1S/C21H25NO2/c1-3-14-6-11-19-18(13-14)21-17(5-4-12-24-21)20(22-19)15-7-9-16(23-2)10-8-15/h6-11,13,17,20-22H,3-5,12H2,1-2H3/t17-,20-,21-/m1/s1. The number of rotatable bonds is 3. The van der Waals surface area contributed by atoms with E-state index in [4.69, 9.17) is 9.47 Å². The second-order valence-electron chi connectivity index (χ2n) is 6.77. The maximum absolute atomic E-state index is 6.24. The second kappa shape index (κ2) is 6.48. The summed E-state index contributed by atoms with van der Waals surface area (Å²) in [4.78, 5) is 0. The molecule has 0 saturated carbocycles. The van der Waals surface area contributed by atoms with Crippen molar-refractivity contribution in [3.8, 4) is 5.75 Å². The topological polar surface area (TPSA) is 30.5 Å². The molecular formula is C21H25NO2. The molecule has 3 heteroatoms. The number of fused-ring (bicyclic) bond motifs is 3. The highest BCUT2D eigenvalue weighted by Crippen LogP contribution is 2.49. The van der Waals surface area contributed by atoms with Gasteiger partial charge in [-0.3, -0.25) is 0 Å². The number of hydrogen-bond acceptors (Lipinski definition) is 3. The van der Waals surface area contributed by atoms with Crippen molar-refractivity contribution in [2.45, 2.75) is 38.3 Å². The van der Waals surface area contributed by atoms with Gasteiger partial charge in [0.1, 0.15) is 5.75 Å². The average molecular weight is 323 g/mol. The third-order valence-corrected chi connectivity index (χ3v) is 5.41. The van der Waals surface area contributed by atoms with Gasteiger partial charge in [-0.2, -0.15) is 0 Å². The van der Waals surface area contributed by atoms with Gasteiger partial charge < -0.3 is 14.8 Å². The Bertz CT molecular complexity index is 710. The molecule has 2 aliphatic heterocycles. The Labute approximate surface area is 144 Å². The molecule has 3 nitrogen and oxygen atoms in total. The van der Waals surface area contributed by atoms with Crippen LogP contribution in [0, 0.1) is 5.92 Å². The van der Waals surface area contributed by atoms with Gasteiger partial charge in [0.25, 0.3) is 0 Å². The van der Waals surface area contributed by atoms with E-state index >= 15 is 0 Å². The zero-order chi connectivity index (χ0) is 16.5. The van der Waals surface area contributed by atoms with Gasteiger partial charge in [0.05, 0.1) is 19.3 Å². The van der Waals surface area contributed by atoms with E-state index in [9.17, 15) is 0 Å². The molecule has 2 aliphatic rings. The molecule has 1 saturated heterocycles. The van der Waals surface area contributed by atoms with E-state index in [1.54, 1.807) is 7.11 Å². The summed E-state index contributed by atoms with van der Waals surface area (Å²) in [5, 5.41) is 3.78. The van der Waals surface area contributed by atoms with Crippen molar-refractivity contribution < 1.29 is 9.47 Å². The number of anilines is 1. The van der Waals surface area contributed by atoms with Gasteiger partial charge in [-0.15, -0.1) is 0 Å². The fraction of sp³-hybridized carbons (Fsp3) is 0.429. The number of aryl methyl sites for hydroxylation is 1. The molecule has 2 aromatic carbocycles. The lowest BCUT2D eigenvalue weighted by Gasteiger charge is -2.43. The molecule has 3 atom stereocenters. The summed E-state index contributed by atoms with van der Waals surface area (Å²) in [5.41, 5.74) is 5.24. The Morgan fingerprint density at radius 3 is 2.75 bits per heavy atom. The Balaban J connectivity index is 1.72. The first-order valence-corrected chi connectivity index (χ1v) is 8.95. The number of benzene rings is 2. The van der Waals surface area contributed by atoms with Gasteiger partial charge in [0, 0.05) is 23.8 Å². The fourth-order valence-corrected chi connectivity index (χ4v) is 4.08. The van der Waals surface area contributed by atoms with Gasteiger partial charge >= 0.3 is 0 Å². The Morgan fingerprint density at radius 2 is 2.00 bits per heavy atom. The van der Waals surface area contributed by atoms with Crippen molar-refractivity contribution in [2.24, 2.45) is 5.92 Å². The lowest BCUT2D eigenvalue weighted by molar-refractivity contribution is -0.0381. The summed E-state index contributed by atoms with van der Waals surface area (Å²) in [6, 6.07) is 15.5. The van der Waals surface area contributed by atoms with Crippen molar-refractivity contribution in [1.29, 1.82) is 0 Å². The quantitative estimate of drug-likeness (QED) is 0.872. The zero-order valence-electron chi connectivity index (χ0n) is 14.4. The van der Waals surface area contributed by atoms with E-state index in [0.717, 1.165) is 25.2 Å². The molecular weight excluding hydrogens is 298 g/mol. The van der Waals surface area contributed by atoms with Gasteiger partial charge in [-0.05, 0) is 48.6 Å². The van der Waals surface area contributed by atoms with E-state index in [1.807, 2.05) is 12.1 Å². The minimum absolute atomic E-state index is 0.202. The number of methoxy groups -OCH3 is 1. The van der Waals surface area contributed by atoms with Gasteiger partial charge in [-0.25, -0.2) is 0 Å². The highest BCUT2D eigenvalue weighted by atomic mass is 16.5. The molecule has 0 aliphatic carbocycles. The summed E-state index contributed by atoms with van der Waals surface area (Å²) >= 11 is 0. The van der Waals surface area contributed by atoms with E-state index in [2.05, 4.69) is 42.6 Å². The molecule has 0 spiro atoms. The highest BCUT2D eigenvalue weighted by Gasteiger charge is 2.39. The first-order valence-electron chi connectivity index (χ1n) is 8.95. The molecule has 0 bridgehead atoms. The summed E-state index contributed by atoms with van der Waals surface area (Å²) in [6.07, 6.45) is 3.60. The molecule has 1 N–H and O–H groups in total. The molecule has 0 aromatic heterocycles. The maximum Gasteiger partial charge on any atom is 0.118 e. The summed E-state index contributed by atoms with van der Waals surface area (Å²) in [6.45, 7) is 3.07. The van der Waals surface area contributed by atoms with E-state index < -0.39 is 0 Å². The van der Waals surface area contributed by atoms with Crippen molar-refractivity contribution in [3.63, 3.8) is 0 Å². The lowest BCUT2D eigenvalue weighted by Crippen LogP contribution is -2.36. The van der Waals surface area contributed by atoms with Crippen LogP contribution >= 0.6 is 0 Å². The molecule has 0 unspecified atom stereocenters. The minimum Gasteiger partial charge on any atom is -0.497 e. The molecule has 2 aromatic rings. The van der Waals surface area contributed by atoms with Crippen LogP contribution in [0.2, 0.25) is 0 Å². The second-order valence-corrected chi connectivity index (χ2v) is 6.77. The maximum atomic E-state index is 6.24. The SMILES string of the molecule is CCc1ccc2c(c1)[C@@H]1OCCC[C@@H]1[C@@H](c1ccc(OC)cc1)N2. The van der Waals surface area contributed by atoms with Crippen molar-refractivity contribution >= 4 is 5.69 Å². The van der Waals surface area contributed by atoms with Crippen molar-refractivity contribution in [2.75, 3.05) is 19.0 Å².